The predicted molar refractivity (Wildman–Crippen MR) is 149 cm³/mol. The van der Waals surface area contributed by atoms with Crippen LogP contribution in [0.3, 0.4) is 0 Å². The van der Waals surface area contributed by atoms with Crippen LogP contribution in [-0.4, -0.2) is 46.7 Å². The molecule has 5 rings (SSSR count). The fourth-order valence-corrected chi connectivity index (χ4v) is 4.59. The molecule has 0 atom stereocenters. The third-order valence-corrected chi connectivity index (χ3v) is 6.61. The highest BCUT2D eigenvalue weighted by molar-refractivity contribution is 5.87. The zero-order valence-electron chi connectivity index (χ0n) is 21.6. The Bertz CT molecular complexity index is 1550. The van der Waals surface area contributed by atoms with Crippen LogP contribution in [-0.2, 0) is 13.2 Å². The van der Waals surface area contributed by atoms with Gasteiger partial charge in [0.15, 0.2) is 0 Å². The van der Waals surface area contributed by atoms with Gasteiger partial charge in [-0.2, -0.15) is 0 Å². The first-order valence-corrected chi connectivity index (χ1v) is 12.7. The Balaban J connectivity index is 1.39. The summed E-state index contributed by atoms with van der Waals surface area (Å²) in [6.07, 6.45) is 3.29. The van der Waals surface area contributed by atoms with Gasteiger partial charge in [0.25, 0.3) is 5.56 Å². The minimum atomic E-state index is -0.463. The number of benzene rings is 3. The van der Waals surface area contributed by atoms with Gasteiger partial charge >= 0.3 is 0 Å². The summed E-state index contributed by atoms with van der Waals surface area (Å²) >= 11 is 0. The van der Waals surface area contributed by atoms with Crippen molar-refractivity contribution < 1.29 is 14.2 Å². The van der Waals surface area contributed by atoms with Crippen LogP contribution in [0.1, 0.15) is 29.8 Å². The molecule has 8 heteroatoms. The second kappa shape index (κ2) is 11.1. The number of aromatic nitrogens is 2. The average Bonchev–Trinajstić information content (AvgIpc) is 3.30. The molecular weight excluding hydrogens is 483 g/mol. The van der Waals surface area contributed by atoms with E-state index < -0.39 is 5.82 Å². The minimum absolute atomic E-state index is 0.0796. The molecule has 1 aromatic heterocycles. The molecule has 0 spiro atoms. The van der Waals surface area contributed by atoms with Crippen molar-refractivity contribution in [1.82, 2.24) is 14.5 Å². The van der Waals surface area contributed by atoms with E-state index in [0.717, 1.165) is 24.1 Å². The van der Waals surface area contributed by atoms with E-state index in [1.165, 1.54) is 6.07 Å². The van der Waals surface area contributed by atoms with Crippen molar-refractivity contribution in [3.05, 3.63) is 93.8 Å². The average molecular weight is 515 g/mol. The lowest BCUT2D eigenvalue weighted by Gasteiger charge is -2.12. The monoisotopic (exact) mass is 514 g/mol. The number of allylic oxidation sites excluding steroid dienone is 1. The fourth-order valence-electron chi connectivity index (χ4n) is 4.59. The molecular formula is C30H31FN4O3. The van der Waals surface area contributed by atoms with Crippen molar-refractivity contribution >= 4 is 28.2 Å². The van der Waals surface area contributed by atoms with Gasteiger partial charge in [-0.25, -0.2) is 9.37 Å². The van der Waals surface area contributed by atoms with Gasteiger partial charge in [-0.05, 0) is 75.0 Å². The summed E-state index contributed by atoms with van der Waals surface area (Å²) in [6.45, 7) is 2.35. The van der Waals surface area contributed by atoms with Gasteiger partial charge in [0.05, 0.1) is 16.6 Å². The van der Waals surface area contributed by atoms with Crippen LogP contribution in [0.5, 0.6) is 11.5 Å². The van der Waals surface area contributed by atoms with Crippen molar-refractivity contribution in [1.29, 1.82) is 0 Å². The number of hydrogen-bond donors (Lipinski definition) is 2. The first-order valence-electron chi connectivity index (χ1n) is 12.7. The van der Waals surface area contributed by atoms with Crippen molar-refractivity contribution in [2.24, 2.45) is 0 Å². The molecule has 38 heavy (non-hydrogen) atoms. The third-order valence-electron chi connectivity index (χ3n) is 6.61. The highest BCUT2D eigenvalue weighted by Gasteiger charge is 2.22. The van der Waals surface area contributed by atoms with Gasteiger partial charge in [0.1, 0.15) is 29.7 Å². The van der Waals surface area contributed by atoms with E-state index in [9.17, 15) is 14.3 Å². The third kappa shape index (κ3) is 5.55. The zero-order chi connectivity index (χ0) is 26.6. The van der Waals surface area contributed by atoms with Gasteiger partial charge in [-0.15, -0.1) is 0 Å². The van der Waals surface area contributed by atoms with E-state index in [1.54, 1.807) is 22.8 Å². The Labute approximate surface area is 220 Å². The smallest absolute Gasteiger partial charge is 0.261 e. The maximum Gasteiger partial charge on any atom is 0.261 e. The van der Waals surface area contributed by atoms with Gasteiger partial charge < -0.3 is 20.1 Å². The molecule has 0 bridgehead atoms. The molecule has 1 aliphatic rings. The number of aromatic hydroxyl groups is 1. The minimum Gasteiger partial charge on any atom is -0.507 e. The molecule has 3 aromatic carbocycles. The number of phenolic OH excluding ortho intramolecular Hbond substituents is 1. The number of phenols is 1. The lowest BCUT2D eigenvalue weighted by molar-refractivity contribution is 0.304. The fraction of sp³-hybridized carbons (Fsp3) is 0.267. The Morgan fingerprint density at radius 1 is 1.16 bits per heavy atom. The van der Waals surface area contributed by atoms with Crippen molar-refractivity contribution in [2.45, 2.75) is 26.0 Å². The second-order valence-electron chi connectivity index (χ2n) is 9.74. The van der Waals surface area contributed by atoms with E-state index in [0.29, 0.717) is 54.5 Å². The van der Waals surface area contributed by atoms with Crippen LogP contribution < -0.4 is 15.6 Å². The Morgan fingerprint density at radius 2 is 1.97 bits per heavy atom. The molecule has 0 radical (unpaired) electrons. The molecule has 1 aliphatic heterocycles. The number of rotatable bonds is 9. The van der Waals surface area contributed by atoms with Crippen LogP contribution in [0.25, 0.3) is 22.6 Å². The summed E-state index contributed by atoms with van der Waals surface area (Å²) in [5.41, 5.74) is 3.00. The SMILES string of the molecule is CN(C)CCCNc1cc2nc3n(c(=O)c2cc1F)CC/C3=C\c1ccc(OCc2ccccc2)cc1O. The van der Waals surface area contributed by atoms with Gasteiger partial charge in [-0.1, -0.05) is 30.3 Å². The van der Waals surface area contributed by atoms with E-state index in [1.807, 2.05) is 56.6 Å². The molecule has 0 saturated heterocycles. The molecule has 0 fully saturated rings. The predicted octanol–water partition coefficient (Wildman–Crippen LogP) is 5.13. The summed E-state index contributed by atoms with van der Waals surface area (Å²) in [4.78, 5) is 20.0. The number of nitrogens with zero attached hydrogens (tertiary/aromatic N) is 3. The highest BCUT2D eigenvalue weighted by Crippen LogP contribution is 2.32. The van der Waals surface area contributed by atoms with Crippen molar-refractivity contribution in [2.75, 3.05) is 32.5 Å². The van der Waals surface area contributed by atoms with Crippen LogP contribution >= 0.6 is 0 Å². The summed E-state index contributed by atoms with van der Waals surface area (Å²) < 4.78 is 22.1. The topological polar surface area (TPSA) is 79.6 Å². The van der Waals surface area contributed by atoms with Gasteiger partial charge in [0.2, 0.25) is 0 Å². The Hall–Kier alpha value is -4.17. The van der Waals surface area contributed by atoms with E-state index in [2.05, 4.69) is 10.2 Å². The first kappa shape index (κ1) is 25.5. The zero-order valence-corrected chi connectivity index (χ0v) is 21.6. The molecule has 0 unspecified atom stereocenters. The lowest BCUT2D eigenvalue weighted by atomic mass is 10.1. The molecule has 196 valence electrons. The van der Waals surface area contributed by atoms with Crippen LogP contribution in [0.2, 0.25) is 0 Å². The quantitative estimate of drug-likeness (QED) is 0.302. The van der Waals surface area contributed by atoms with Gasteiger partial charge in [-0.3, -0.25) is 9.36 Å². The number of nitrogens with one attached hydrogen (secondary N) is 1. The molecule has 2 N–H and O–H groups in total. The largest absolute Gasteiger partial charge is 0.507 e. The van der Waals surface area contributed by atoms with Crippen LogP contribution in [0.15, 0.2) is 65.5 Å². The maximum atomic E-state index is 14.7. The van der Waals surface area contributed by atoms with E-state index in [-0.39, 0.29) is 16.7 Å². The molecule has 0 amide bonds. The summed E-state index contributed by atoms with van der Waals surface area (Å²) in [5.74, 6) is 0.718. The normalized spacial score (nSPS) is 13.8. The first-order chi connectivity index (χ1) is 18.4. The number of hydrogen-bond acceptors (Lipinski definition) is 6. The van der Waals surface area contributed by atoms with Crippen molar-refractivity contribution in [3.8, 4) is 11.5 Å². The second-order valence-corrected chi connectivity index (χ2v) is 9.74. The lowest BCUT2D eigenvalue weighted by Crippen LogP contribution is -2.21. The molecule has 2 heterocycles. The van der Waals surface area contributed by atoms with Crippen LogP contribution in [0, 0.1) is 5.82 Å². The number of fused-ring (bicyclic) bond motifs is 2. The highest BCUT2D eigenvalue weighted by atomic mass is 19.1. The molecule has 0 saturated carbocycles. The van der Waals surface area contributed by atoms with Crippen molar-refractivity contribution in [3.63, 3.8) is 0 Å². The Morgan fingerprint density at radius 3 is 2.74 bits per heavy atom. The summed E-state index contributed by atoms with van der Waals surface area (Å²) in [5, 5.41) is 14.0. The molecule has 7 nitrogen and oxygen atoms in total. The summed E-state index contributed by atoms with van der Waals surface area (Å²) in [7, 11) is 3.99. The number of anilines is 1. The van der Waals surface area contributed by atoms with Crippen LogP contribution in [0.4, 0.5) is 10.1 Å². The Kier molecular flexibility index (Phi) is 7.42. The standard InChI is InChI=1S/C30H31FN4O3/c1-34(2)13-6-12-32-27-18-26-24(17-25(27)31)30(37)35-14-11-22(29(35)33-26)15-21-9-10-23(16-28(21)36)38-19-20-7-4-3-5-8-20/h3-5,7-10,15-18,32,36H,6,11-14,19H2,1-2H3/b22-15+. The number of halogens is 1. The van der Waals surface area contributed by atoms with E-state index >= 15 is 0 Å². The molecule has 4 aromatic rings. The van der Waals surface area contributed by atoms with Gasteiger partial charge in [0, 0.05) is 24.7 Å². The maximum absolute atomic E-state index is 14.7. The number of ether oxygens (including phenoxy) is 1. The molecule has 0 aliphatic carbocycles. The van der Waals surface area contributed by atoms with E-state index in [4.69, 9.17) is 9.72 Å². The summed E-state index contributed by atoms with van der Waals surface area (Å²) in [6, 6.07) is 17.9.